The van der Waals surface area contributed by atoms with Crippen molar-refractivity contribution >= 4 is 11.7 Å². The number of hydrogen-bond donors (Lipinski definition) is 2. The van der Waals surface area contributed by atoms with Crippen molar-refractivity contribution in [2.75, 3.05) is 0 Å². The van der Waals surface area contributed by atoms with Gasteiger partial charge < -0.3 is 0 Å². The summed E-state index contributed by atoms with van der Waals surface area (Å²) in [6.07, 6.45) is 6.65. The van der Waals surface area contributed by atoms with Crippen LogP contribution in [0.15, 0.2) is 84.1 Å². The minimum atomic E-state index is -0.0164. The largest absolute Gasteiger partial charge is 0.284 e. The SMILES string of the molecule is C=C/C(C#N)=C\C(=C(/C(C)C)N(C(=N)c1ccccc1C)C(=N)c1ccccc1C1(CC)C[C@@]1(C)CC)C(C)C. The van der Waals surface area contributed by atoms with E-state index in [0.29, 0.717) is 11.4 Å². The molecule has 40 heavy (non-hydrogen) atoms. The Morgan fingerprint density at radius 3 is 2.02 bits per heavy atom. The van der Waals surface area contributed by atoms with Crippen LogP contribution >= 0.6 is 0 Å². The Balaban J connectivity index is 2.39. The van der Waals surface area contributed by atoms with Gasteiger partial charge in [-0.2, -0.15) is 5.26 Å². The topological polar surface area (TPSA) is 74.7 Å². The number of allylic oxidation sites excluding steroid dienone is 5. The molecular weight excluding hydrogens is 488 g/mol. The molecule has 2 atom stereocenters. The summed E-state index contributed by atoms with van der Waals surface area (Å²) in [4.78, 5) is 1.84. The van der Waals surface area contributed by atoms with Gasteiger partial charge in [0.25, 0.3) is 0 Å². The summed E-state index contributed by atoms with van der Waals surface area (Å²) >= 11 is 0. The quantitative estimate of drug-likeness (QED) is 0.138. The summed E-state index contributed by atoms with van der Waals surface area (Å²) in [5.41, 5.74) is 6.31. The molecule has 0 radical (unpaired) electrons. The Bertz CT molecular complexity index is 1400. The fourth-order valence-electron chi connectivity index (χ4n) is 6.35. The summed E-state index contributed by atoms with van der Waals surface area (Å²) in [7, 11) is 0. The van der Waals surface area contributed by atoms with Gasteiger partial charge in [-0.05, 0) is 66.2 Å². The normalized spacial score (nSPS) is 21.1. The number of amidine groups is 2. The van der Waals surface area contributed by atoms with Gasteiger partial charge in [0.2, 0.25) is 0 Å². The minimum Gasteiger partial charge on any atom is -0.284 e. The zero-order valence-electron chi connectivity index (χ0n) is 25.7. The van der Waals surface area contributed by atoms with Gasteiger partial charge >= 0.3 is 0 Å². The lowest BCUT2D eigenvalue weighted by atomic mass is 9.80. The van der Waals surface area contributed by atoms with Crippen LogP contribution in [0.4, 0.5) is 0 Å². The molecule has 1 fully saturated rings. The first-order valence-electron chi connectivity index (χ1n) is 14.5. The van der Waals surface area contributed by atoms with E-state index < -0.39 is 0 Å². The highest BCUT2D eigenvalue weighted by Crippen LogP contribution is 2.68. The zero-order chi connectivity index (χ0) is 29.8. The average Bonchev–Trinajstić information content (AvgIpc) is 3.58. The van der Waals surface area contributed by atoms with Crippen LogP contribution in [0.5, 0.6) is 0 Å². The lowest BCUT2D eigenvalue weighted by Gasteiger charge is -2.35. The number of aryl methyl sites for hydroxylation is 1. The van der Waals surface area contributed by atoms with Gasteiger partial charge in [-0.1, -0.05) is 110 Å². The molecule has 0 heterocycles. The van der Waals surface area contributed by atoms with Crippen LogP contribution in [0.1, 0.15) is 90.0 Å². The molecule has 2 aromatic carbocycles. The van der Waals surface area contributed by atoms with Crippen molar-refractivity contribution in [2.24, 2.45) is 17.3 Å². The second kappa shape index (κ2) is 12.2. The Kier molecular flexibility index (Phi) is 9.41. The molecular formula is C36H46N4. The second-order valence-electron chi connectivity index (χ2n) is 12.0. The van der Waals surface area contributed by atoms with Crippen LogP contribution in [0.25, 0.3) is 0 Å². The molecule has 0 aromatic heterocycles. The monoisotopic (exact) mass is 534 g/mol. The Labute approximate surface area is 242 Å². The van der Waals surface area contributed by atoms with Gasteiger partial charge in [-0.15, -0.1) is 0 Å². The third kappa shape index (κ3) is 5.48. The first-order chi connectivity index (χ1) is 18.9. The van der Waals surface area contributed by atoms with Crippen molar-refractivity contribution in [3.63, 3.8) is 0 Å². The third-order valence-electron chi connectivity index (χ3n) is 9.02. The van der Waals surface area contributed by atoms with Crippen molar-refractivity contribution in [1.82, 2.24) is 4.90 Å². The van der Waals surface area contributed by atoms with E-state index in [2.05, 4.69) is 79.3 Å². The summed E-state index contributed by atoms with van der Waals surface area (Å²) in [6.45, 7) is 21.1. The summed E-state index contributed by atoms with van der Waals surface area (Å²) in [5.74, 6) is 0.612. The van der Waals surface area contributed by atoms with Gasteiger partial charge in [-0.25, -0.2) is 0 Å². The van der Waals surface area contributed by atoms with Crippen molar-refractivity contribution in [3.05, 3.63) is 106 Å². The Hall–Kier alpha value is -3.71. The molecule has 4 nitrogen and oxygen atoms in total. The van der Waals surface area contributed by atoms with Crippen LogP contribution in [0.3, 0.4) is 0 Å². The van der Waals surface area contributed by atoms with Crippen LogP contribution in [-0.2, 0) is 5.41 Å². The number of nitrogens with zero attached hydrogens (tertiary/aromatic N) is 2. The minimum absolute atomic E-state index is 0.0144. The van der Waals surface area contributed by atoms with Gasteiger partial charge in [0, 0.05) is 22.2 Å². The van der Waals surface area contributed by atoms with Crippen LogP contribution < -0.4 is 0 Å². The van der Waals surface area contributed by atoms with E-state index in [9.17, 15) is 16.1 Å². The Morgan fingerprint density at radius 2 is 1.55 bits per heavy atom. The van der Waals surface area contributed by atoms with Crippen molar-refractivity contribution in [3.8, 4) is 6.07 Å². The summed E-state index contributed by atoms with van der Waals surface area (Å²) in [6, 6.07) is 18.5. The van der Waals surface area contributed by atoms with E-state index in [1.54, 1.807) is 6.08 Å². The summed E-state index contributed by atoms with van der Waals surface area (Å²) < 4.78 is 0. The van der Waals surface area contributed by atoms with Crippen molar-refractivity contribution < 1.29 is 0 Å². The molecule has 210 valence electrons. The highest BCUT2D eigenvalue weighted by atomic mass is 15.2. The maximum absolute atomic E-state index is 9.82. The molecule has 0 aliphatic heterocycles. The first kappa shape index (κ1) is 30.8. The van der Waals surface area contributed by atoms with E-state index in [1.165, 1.54) is 5.56 Å². The molecule has 1 aliphatic rings. The predicted octanol–water partition coefficient (Wildman–Crippen LogP) is 9.32. The van der Waals surface area contributed by atoms with Crippen molar-refractivity contribution in [2.45, 2.75) is 80.1 Å². The summed E-state index contributed by atoms with van der Waals surface area (Å²) in [5, 5.41) is 29.2. The number of nitrogens with one attached hydrogen (secondary N) is 2. The molecule has 3 rings (SSSR count). The van der Waals surface area contributed by atoms with Crippen molar-refractivity contribution in [1.29, 1.82) is 16.1 Å². The molecule has 0 bridgehead atoms. The van der Waals surface area contributed by atoms with Crippen LogP contribution in [0, 0.1) is 46.3 Å². The molecule has 0 amide bonds. The van der Waals surface area contributed by atoms with E-state index in [4.69, 9.17) is 0 Å². The average molecular weight is 535 g/mol. The predicted molar refractivity (Wildman–Crippen MR) is 169 cm³/mol. The molecule has 1 saturated carbocycles. The molecule has 2 aromatic rings. The molecule has 0 spiro atoms. The van der Waals surface area contributed by atoms with Crippen LogP contribution in [-0.4, -0.2) is 16.6 Å². The fraction of sp³-hybridized carbons (Fsp3) is 0.417. The maximum Gasteiger partial charge on any atom is 0.138 e. The highest BCUT2D eigenvalue weighted by Gasteiger charge is 2.63. The van der Waals surface area contributed by atoms with E-state index in [1.807, 2.05) is 48.2 Å². The lowest BCUT2D eigenvalue weighted by Crippen LogP contribution is -2.40. The maximum atomic E-state index is 9.82. The standard InChI is InChI=1S/C36H46N4/c1-10-27(22-37)21-30(24(4)5)32(25(6)7)40(33(38)28-18-14-13-17-26(28)8)34(39)29-19-15-16-20-31(29)36(12-3)23-35(36,9)11-2/h10,13-21,24-25,38-39H,1,11-12,23H2,2-9H3/b27-21+,32-30-,38-33?,39-34?/t35-,36?/m1/s1. The van der Waals surface area contributed by atoms with Gasteiger partial charge in [-0.3, -0.25) is 15.7 Å². The number of benzene rings is 2. The third-order valence-corrected chi connectivity index (χ3v) is 9.02. The fourth-order valence-corrected chi connectivity index (χ4v) is 6.35. The number of rotatable bonds is 10. The van der Waals surface area contributed by atoms with Gasteiger partial charge in [0.05, 0.1) is 11.6 Å². The number of nitriles is 1. The Morgan fingerprint density at radius 1 is 0.975 bits per heavy atom. The lowest BCUT2D eigenvalue weighted by molar-refractivity contribution is 0.429. The first-order valence-corrected chi connectivity index (χ1v) is 14.5. The molecule has 1 aliphatic carbocycles. The van der Waals surface area contributed by atoms with E-state index in [0.717, 1.165) is 47.2 Å². The number of hydrogen-bond acceptors (Lipinski definition) is 3. The van der Waals surface area contributed by atoms with E-state index >= 15 is 0 Å². The highest BCUT2D eigenvalue weighted by molar-refractivity contribution is 6.15. The molecule has 1 unspecified atom stereocenters. The van der Waals surface area contributed by atoms with Gasteiger partial charge in [0.15, 0.2) is 0 Å². The van der Waals surface area contributed by atoms with Gasteiger partial charge in [0.1, 0.15) is 11.7 Å². The zero-order valence-corrected chi connectivity index (χ0v) is 25.7. The smallest absolute Gasteiger partial charge is 0.138 e. The molecule has 4 heteroatoms. The van der Waals surface area contributed by atoms with E-state index in [-0.39, 0.29) is 28.5 Å². The second-order valence-corrected chi connectivity index (χ2v) is 12.0. The molecule has 0 saturated heterocycles. The molecule has 2 N–H and O–H groups in total. The van der Waals surface area contributed by atoms with Crippen LogP contribution in [0.2, 0.25) is 0 Å².